The number of carbonyl (C=O) groups is 1. The van der Waals surface area contributed by atoms with Crippen LogP contribution in [0.5, 0.6) is 5.75 Å². The van der Waals surface area contributed by atoms with Gasteiger partial charge >= 0.3 is 16.1 Å². The molecule has 0 aliphatic heterocycles. The van der Waals surface area contributed by atoms with Crippen LogP contribution in [0.1, 0.15) is 10.4 Å². The van der Waals surface area contributed by atoms with E-state index in [-0.39, 0.29) is 11.3 Å². The number of hydrogen-bond acceptors (Lipinski definition) is 5. The number of alkyl halides is 1. The van der Waals surface area contributed by atoms with Crippen molar-refractivity contribution in [1.82, 2.24) is 0 Å². The average molecular weight is 248 g/mol. The smallest absolute Gasteiger partial charge is 0.341 e. The Bertz CT molecular complexity index is 482. The summed E-state index contributed by atoms with van der Waals surface area (Å²) in [5, 5.41) is 0. The fourth-order valence-electron chi connectivity index (χ4n) is 0.977. The highest BCUT2D eigenvalue weighted by atomic mass is 32.2. The first-order valence-electron chi connectivity index (χ1n) is 4.15. The maximum atomic E-state index is 12.0. The van der Waals surface area contributed by atoms with Crippen LogP contribution in [0.2, 0.25) is 0 Å². The third-order valence-electron chi connectivity index (χ3n) is 1.64. The Morgan fingerprint density at radius 2 is 2.00 bits per heavy atom. The molecule has 1 aromatic carbocycles. The maximum absolute atomic E-state index is 12.0. The van der Waals surface area contributed by atoms with Crippen LogP contribution in [0.15, 0.2) is 24.3 Å². The molecule has 1 rings (SSSR count). The molecule has 16 heavy (non-hydrogen) atoms. The van der Waals surface area contributed by atoms with Gasteiger partial charge in [0.1, 0.15) is 5.56 Å². The molecular formula is C9H9FO5S. The van der Waals surface area contributed by atoms with Gasteiger partial charge in [-0.3, -0.25) is 0 Å². The Labute approximate surface area is 91.9 Å². The predicted octanol–water partition coefficient (Wildman–Crippen LogP) is 1.11. The maximum Gasteiger partial charge on any atom is 0.341 e. The molecule has 1 aromatic rings. The quantitative estimate of drug-likeness (QED) is 0.589. The van der Waals surface area contributed by atoms with Crippen LogP contribution < -0.4 is 4.18 Å². The van der Waals surface area contributed by atoms with Crippen LogP contribution in [-0.4, -0.2) is 27.5 Å². The van der Waals surface area contributed by atoms with Gasteiger partial charge in [0.15, 0.2) is 5.75 Å². The van der Waals surface area contributed by atoms with Gasteiger partial charge in [-0.1, -0.05) is 12.1 Å². The van der Waals surface area contributed by atoms with Gasteiger partial charge in [0.2, 0.25) is 6.01 Å². The van der Waals surface area contributed by atoms with E-state index in [1.165, 1.54) is 24.3 Å². The van der Waals surface area contributed by atoms with E-state index in [2.05, 4.69) is 8.92 Å². The van der Waals surface area contributed by atoms with Crippen molar-refractivity contribution in [3.63, 3.8) is 0 Å². The summed E-state index contributed by atoms with van der Waals surface area (Å²) in [4.78, 5) is 11.2. The lowest BCUT2D eigenvalue weighted by molar-refractivity contribution is 0.0599. The van der Waals surface area contributed by atoms with Gasteiger partial charge in [-0.05, 0) is 12.1 Å². The summed E-state index contributed by atoms with van der Waals surface area (Å²) in [5.74, 6) is -1.02. The monoisotopic (exact) mass is 248 g/mol. The summed E-state index contributed by atoms with van der Waals surface area (Å²) in [6.07, 6.45) is 0. The number of carbonyl (C=O) groups excluding carboxylic acids is 1. The van der Waals surface area contributed by atoms with Crippen LogP contribution in [0.4, 0.5) is 4.39 Å². The Kier molecular flexibility index (Phi) is 3.83. The minimum Gasteiger partial charge on any atom is -0.465 e. The number of benzene rings is 1. The second kappa shape index (κ2) is 4.93. The summed E-state index contributed by atoms with van der Waals surface area (Å²) in [7, 11) is -3.17. The Morgan fingerprint density at radius 1 is 1.38 bits per heavy atom. The van der Waals surface area contributed by atoms with E-state index in [1.807, 2.05) is 0 Å². The number of esters is 1. The molecule has 0 heterocycles. The number of hydrogen-bond donors (Lipinski definition) is 0. The number of methoxy groups -OCH3 is 1. The van der Waals surface area contributed by atoms with Crippen LogP contribution in [0, 0.1) is 0 Å². The van der Waals surface area contributed by atoms with E-state index in [0.717, 1.165) is 7.11 Å². The summed E-state index contributed by atoms with van der Waals surface area (Å²) in [6, 6.07) is 3.84. The lowest BCUT2D eigenvalue weighted by Gasteiger charge is -2.07. The standard InChI is InChI=1S/C9H9FO5S/c1-14-9(11)7-4-2-3-5-8(7)15-16(12,13)6-10/h2-5H,6H2,1H3. The minimum atomic E-state index is -4.31. The van der Waals surface area contributed by atoms with Crippen molar-refractivity contribution in [3.8, 4) is 5.75 Å². The number of para-hydroxylation sites is 1. The van der Waals surface area contributed by atoms with Crippen molar-refractivity contribution in [2.24, 2.45) is 0 Å². The normalized spacial score (nSPS) is 10.9. The van der Waals surface area contributed by atoms with Crippen molar-refractivity contribution in [2.75, 3.05) is 13.1 Å². The highest BCUT2D eigenvalue weighted by molar-refractivity contribution is 7.86. The Morgan fingerprint density at radius 3 is 2.56 bits per heavy atom. The van der Waals surface area contributed by atoms with E-state index in [4.69, 9.17) is 0 Å². The van der Waals surface area contributed by atoms with Gasteiger partial charge in [-0.15, -0.1) is 0 Å². The molecule has 7 heteroatoms. The molecule has 0 radical (unpaired) electrons. The van der Waals surface area contributed by atoms with Gasteiger partial charge in [0.05, 0.1) is 7.11 Å². The second-order valence-corrected chi connectivity index (χ2v) is 4.24. The van der Waals surface area contributed by atoms with Gasteiger partial charge in [0.25, 0.3) is 0 Å². The zero-order chi connectivity index (χ0) is 12.2. The molecule has 0 amide bonds. The fourth-order valence-corrected chi connectivity index (χ4v) is 1.44. The highest BCUT2D eigenvalue weighted by Crippen LogP contribution is 2.20. The van der Waals surface area contributed by atoms with Crippen molar-refractivity contribution >= 4 is 16.1 Å². The molecule has 0 unspecified atom stereocenters. The molecule has 0 aliphatic rings. The highest BCUT2D eigenvalue weighted by Gasteiger charge is 2.18. The molecule has 88 valence electrons. The molecule has 5 nitrogen and oxygen atoms in total. The number of rotatable bonds is 4. The molecule has 0 atom stereocenters. The lowest BCUT2D eigenvalue weighted by atomic mass is 10.2. The molecular weight excluding hydrogens is 239 g/mol. The van der Waals surface area contributed by atoms with Gasteiger partial charge in [0, 0.05) is 0 Å². The number of halogens is 1. The van der Waals surface area contributed by atoms with E-state index >= 15 is 0 Å². The van der Waals surface area contributed by atoms with Crippen LogP contribution in [0.3, 0.4) is 0 Å². The van der Waals surface area contributed by atoms with Crippen LogP contribution in [-0.2, 0) is 14.9 Å². The molecule has 0 bridgehead atoms. The van der Waals surface area contributed by atoms with E-state index in [1.54, 1.807) is 0 Å². The second-order valence-electron chi connectivity index (χ2n) is 2.74. The topological polar surface area (TPSA) is 69.7 Å². The van der Waals surface area contributed by atoms with E-state index in [9.17, 15) is 17.6 Å². The van der Waals surface area contributed by atoms with Crippen LogP contribution in [0.25, 0.3) is 0 Å². The van der Waals surface area contributed by atoms with Gasteiger partial charge in [-0.25, -0.2) is 9.18 Å². The molecule has 0 saturated heterocycles. The van der Waals surface area contributed by atoms with E-state index in [0.29, 0.717) is 0 Å². The van der Waals surface area contributed by atoms with E-state index < -0.39 is 22.1 Å². The summed E-state index contributed by atoms with van der Waals surface area (Å²) < 4.78 is 42.6. The summed E-state index contributed by atoms with van der Waals surface area (Å²) >= 11 is 0. The van der Waals surface area contributed by atoms with Crippen molar-refractivity contribution in [2.45, 2.75) is 0 Å². The first kappa shape index (κ1) is 12.4. The van der Waals surface area contributed by atoms with Crippen LogP contribution >= 0.6 is 0 Å². The summed E-state index contributed by atoms with van der Waals surface area (Å²) in [5.41, 5.74) is -0.0815. The van der Waals surface area contributed by atoms with Crippen molar-refractivity contribution in [3.05, 3.63) is 29.8 Å². The Balaban J connectivity index is 3.10. The fraction of sp³-hybridized carbons (Fsp3) is 0.222. The minimum absolute atomic E-state index is 0.0815. The molecule has 0 saturated carbocycles. The first-order chi connectivity index (χ1) is 7.50. The molecule has 0 aromatic heterocycles. The molecule has 0 aliphatic carbocycles. The van der Waals surface area contributed by atoms with Crippen molar-refractivity contribution in [1.29, 1.82) is 0 Å². The largest absolute Gasteiger partial charge is 0.465 e. The zero-order valence-corrected chi connectivity index (χ0v) is 9.16. The average Bonchev–Trinajstić information content (AvgIpc) is 2.28. The molecule has 0 N–H and O–H groups in total. The SMILES string of the molecule is COC(=O)c1ccccc1OS(=O)(=O)CF. The zero-order valence-electron chi connectivity index (χ0n) is 8.34. The third kappa shape index (κ3) is 2.93. The Hall–Kier alpha value is -1.63. The van der Waals surface area contributed by atoms with Gasteiger partial charge < -0.3 is 8.92 Å². The first-order valence-corrected chi connectivity index (χ1v) is 5.73. The number of ether oxygens (including phenoxy) is 1. The molecule has 0 spiro atoms. The third-order valence-corrected chi connectivity index (χ3v) is 2.34. The van der Waals surface area contributed by atoms with Gasteiger partial charge in [-0.2, -0.15) is 8.42 Å². The van der Waals surface area contributed by atoms with Crippen molar-refractivity contribution < 1.29 is 26.5 Å². The lowest BCUT2D eigenvalue weighted by Crippen LogP contribution is -2.13. The summed E-state index contributed by atoms with van der Waals surface area (Å²) in [6.45, 7) is 0. The molecule has 0 fully saturated rings. The predicted molar refractivity (Wildman–Crippen MR) is 53.3 cm³/mol.